The molecule has 34 heteroatoms. The normalized spacial score (nSPS) is 14.0. The smallest absolute Gasteiger partial charge is 0.370 e. The van der Waals surface area contributed by atoms with Gasteiger partial charge in [0.15, 0.2) is 19.8 Å². The first-order chi connectivity index (χ1) is 57.7. The van der Waals surface area contributed by atoms with Gasteiger partial charge in [-0.1, -0.05) is 104 Å². The second-order valence-electron chi connectivity index (χ2n) is 26.1. The molecule has 0 unspecified atom stereocenters. The van der Waals surface area contributed by atoms with Crippen LogP contribution in [-0.4, -0.2) is 188 Å². The first-order valence-corrected chi connectivity index (χ1v) is 37.6. The summed E-state index contributed by atoms with van der Waals surface area (Å²) in [5.41, 5.74) is 25.0. The predicted molar refractivity (Wildman–Crippen MR) is 449 cm³/mol. The Labute approximate surface area is 689 Å². The van der Waals surface area contributed by atoms with Crippen LogP contribution < -0.4 is 68.6 Å². The van der Waals surface area contributed by atoms with E-state index in [0.717, 1.165) is 4.90 Å². The lowest BCUT2D eigenvalue weighted by Gasteiger charge is -2.14. The summed E-state index contributed by atoms with van der Waals surface area (Å²) in [6.07, 6.45) is 2.87. The molecule has 34 nitrogen and oxygen atoms in total. The monoisotopic (exact) mass is 1630 g/mol. The largest absolute Gasteiger partial charge is 0.507 e. The molecule has 8 aromatic carbocycles. The van der Waals surface area contributed by atoms with Crippen LogP contribution in [0.5, 0.6) is 23.0 Å². The zero-order valence-electron chi connectivity index (χ0n) is 64.4. The number of benzene rings is 8. The third-order valence-electron chi connectivity index (χ3n) is 17.4. The van der Waals surface area contributed by atoms with E-state index in [0.29, 0.717) is 139 Å². The molecule has 6 aliphatic rings. The van der Waals surface area contributed by atoms with Gasteiger partial charge in [-0.15, -0.1) is 5.06 Å². The lowest BCUT2D eigenvalue weighted by atomic mass is 10.1. The highest BCUT2D eigenvalue weighted by atomic mass is 16.7. The number of nitrogens with two attached hydrogens (primary N) is 3. The molecule has 14 rings (SSSR count). The van der Waals surface area contributed by atoms with Gasteiger partial charge < -0.3 is 83.3 Å². The minimum absolute atomic E-state index is 0. The van der Waals surface area contributed by atoms with E-state index < -0.39 is 24.4 Å². The van der Waals surface area contributed by atoms with E-state index >= 15 is 0 Å². The summed E-state index contributed by atoms with van der Waals surface area (Å²) in [4.78, 5) is 167. The van der Waals surface area contributed by atoms with Crippen LogP contribution in [0, 0.1) is 0 Å². The Morgan fingerprint density at radius 1 is 0.400 bits per heavy atom. The number of aromatic hydroxyl groups is 1. The Balaban J connectivity index is 0.000000184. The number of fused-ring (bicyclic) bond motifs is 4. The first kappa shape index (κ1) is 89.2. The van der Waals surface area contributed by atoms with Crippen LogP contribution in [0.2, 0.25) is 0 Å². The van der Waals surface area contributed by atoms with Gasteiger partial charge in [-0.25, -0.2) is 24.8 Å². The molecule has 11 amide bonds. The van der Waals surface area contributed by atoms with E-state index in [1.54, 1.807) is 97.1 Å². The summed E-state index contributed by atoms with van der Waals surface area (Å²) in [5, 5.41) is 29.6. The molecule has 0 radical (unpaired) electrons. The molecule has 6 heterocycles. The third-order valence-corrected chi connectivity index (χ3v) is 17.4. The lowest BCUT2D eigenvalue weighted by molar-refractivity contribution is -0.198. The van der Waals surface area contributed by atoms with E-state index in [-0.39, 0.29) is 157 Å². The number of para-hydroxylation sites is 12. The Hall–Kier alpha value is -14.7. The number of aliphatic imine (C=N–C) groups is 4. The number of nitrogens with zero attached hydrogens (tertiary/aromatic N) is 6. The summed E-state index contributed by atoms with van der Waals surface area (Å²) >= 11 is 0. The van der Waals surface area contributed by atoms with Crippen molar-refractivity contribution in [1.82, 2.24) is 25.9 Å². The van der Waals surface area contributed by atoms with Gasteiger partial charge in [0.2, 0.25) is 29.5 Å². The Bertz CT molecular complexity index is 5220. The quantitative estimate of drug-likeness (QED) is 0.0188. The highest BCUT2D eigenvalue weighted by Crippen LogP contribution is 2.36. The number of hydrogen-bond donors (Lipinski definition) is 11. The molecular weight excluding hydrogens is 1550 g/mol. The van der Waals surface area contributed by atoms with Crippen molar-refractivity contribution < 1.29 is 86.4 Å². The van der Waals surface area contributed by atoms with Crippen LogP contribution in [0.1, 0.15) is 74.6 Å². The van der Waals surface area contributed by atoms with Gasteiger partial charge in [0.25, 0.3) is 35.4 Å². The predicted octanol–water partition coefficient (Wildman–Crippen LogP) is 7.23. The maximum Gasteiger partial charge on any atom is 0.370 e. The minimum atomic E-state index is -0.890. The summed E-state index contributed by atoms with van der Waals surface area (Å²) < 4.78 is 22.3. The van der Waals surface area contributed by atoms with Crippen molar-refractivity contribution in [2.24, 2.45) is 37.2 Å². The third kappa shape index (κ3) is 26.4. The van der Waals surface area contributed by atoms with Crippen LogP contribution >= 0.6 is 0 Å². The Morgan fingerprint density at radius 2 is 0.733 bits per heavy atom. The fraction of sp³-hybridized carbons (Fsp3) is 0.233. The average molecular weight is 1640 g/mol. The molecule has 622 valence electrons. The molecule has 0 atom stereocenters. The number of phenols is 1. The van der Waals surface area contributed by atoms with Crippen LogP contribution in [-0.2, 0) is 67.1 Å². The van der Waals surface area contributed by atoms with Crippen molar-refractivity contribution in [2.45, 2.75) is 52.4 Å². The van der Waals surface area contributed by atoms with Gasteiger partial charge in [0, 0.05) is 92.9 Å². The molecule has 1 fully saturated rings. The summed E-state index contributed by atoms with van der Waals surface area (Å²) in [6.45, 7) is 1.86. The average Bonchev–Trinajstić information content (AvgIpc) is 1.45. The van der Waals surface area contributed by atoms with Crippen molar-refractivity contribution in [2.75, 3.05) is 100 Å². The second kappa shape index (κ2) is 45.5. The standard InChI is InChI=1S/C28H29N5O7.C21H17N3O6.C19H20N4O3.C15H12N2O2.C2H8N2.CH4/c34-24(11-15-39-16-14-33-27(37)9-10-28(33)38)29-12-13-30-26(36)18-40-23-8-4-1-5-19(23)22-17-25(35)32-21-7-3-2-6-20(21)31-22;25-18-11-16(22-14-6-2-3-7-15(14)23-18)13-5-1-4-8-17(13)29-12-21(28)30-24-19(26)9-10-20(24)27;20-9-10-21-19(25)12-26-17-8-4-1-5-13(17)16-11-18(24)23-15-7-3-2-6-14(15)22-16;18-14-8-4-1-5-10(14)13-9-15(19)17-12-7-3-2-6-11(12)16-13;3-1-2-4;/h1-10H,11-18H2,(H,29,34)(H,30,36)(H,32,35);1-8H,9-12H2,(H,23,25);1-8H,9-12,20H2,(H,21,25)(H,23,24);1-8,18H,9H2,(H,17,19);1-4H2;1H4. The van der Waals surface area contributed by atoms with E-state index in [2.05, 4.69) is 57.2 Å². The number of nitrogens with one attached hydrogen (secondary N) is 7. The Morgan fingerprint density at radius 3 is 1.12 bits per heavy atom. The fourth-order valence-corrected chi connectivity index (χ4v) is 11.8. The molecular formula is C86H90N16O18. The van der Waals surface area contributed by atoms with Crippen molar-refractivity contribution in [3.05, 3.63) is 229 Å². The van der Waals surface area contributed by atoms with Crippen LogP contribution in [0.3, 0.4) is 0 Å². The second-order valence-corrected chi connectivity index (χ2v) is 26.1. The molecule has 0 aromatic heterocycles. The van der Waals surface area contributed by atoms with Gasteiger partial charge in [-0.2, -0.15) is 0 Å². The molecule has 8 aromatic rings. The fourth-order valence-electron chi connectivity index (χ4n) is 11.8. The van der Waals surface area contributed by atoms with Gasteiger partial charge >= 0.3 is 5.97 Å². The van der Waals surface area contributed by atoms with Crippen molar-refractivity contribution >= 4 is 139 Å². The Kier molecular flexibility index (Phi) is 33.8. The number of hydrogen-bond acceptors (Lipinski definition) is 25. The number of carbonyl (C=O) groups excluding carboxylic acids is 12. The molecule has 1 saturated heterocycles. The molecule has 0 aliphatic carbocycles. The van der Waals surface area contributed by atoms with Crippen molar-refractivity contribution in [3.8, 4) is 23.0 Å². The number of amides is 11. The van der Waals surface area contributed by atoms with Gasteiger partial charge in [-0.3, -0.25) is 57.6 Å². The van der Waals surface area contributed by atoms with E-state index in [9.17, 15) is 62.6 Å². The summed E-state index contributed by atoms with van der Waals surface area (Å²) in [6, 6.07) is 57.2. The number of anilines is 4. The van der Waals surface area contributed by atoms with Crippen LogP contribution in [0.4, 0.5) is 45.5 Å². The maximum absolute atomic E-state index is 12.4. The minimum Gasteiger partial charge on any atom is -0.507 e. The molecule has 6 aliphatic heterocycles. The van der Waals surface area contributed by atoms with E-state index in [1.807, 2.05) is 97.1 Å². The number of ether oxygens (including phenoxy) is 4. The SMILES string of the molecule is C.NCCN.NCCNC(=O)COc1ccccc1C1=Nc2ccccc2NC(=O)C1.O=C(CCOCCN1C(=O)C=CC1=O)NCCNC(=O)COc1ccccc1C1=Nc2ccccc2NC(=O)C1.O=C1CC(c2ccccc2O)=Nc2ccccc2N1.O=C1CC(c2ccccc2OCC(=O)ON2C(=O)CCC2=O)=Nc2ccccc2N1. The van der Waals surface area contributed by atoms with Gasteiger partial charge in [0.1, 0.15) is 23.0 Å². The number of imide groups is 2. The maximum atomic E-state index is 12.4. The summed E-state index contributed by atoms with van der Waals surface area (Å²) in [5.74, 6) is -2.99. The molecule has 0 bridgehead atoms. The van der Waals surface area contributed by atoms with Crippen molar-refractivity contribution in [3.63, 3.8) is 0 Å². The van der Waals surface area contributed by atoms with E-state index in [1.165, 1.54) is 12.2 Å². The van der Waals surface area contributed by atoms with E-state index in [4.69, 9.17) is 41.0 Å². The zero-order valence-corrected chi connectivity index (χ0v) is 64.4. The van der Waals surface area contributed by atoms with Crippen molar-refractivity contribution in [1.29, 1.82) is 0 Å². The molecule has 0 saturated carbocycles. The molecule has 0 spiro atoms. The lowest BCUT2D eigenvalue weighted by Crippen LogP contribution is -2.37. The zero-order chi connectivity index (χ0) is 84.4. The molecule has 14 N–H and O–H groups in total. The van der Waals surface area contributed by atoms with Gasteiger partial charge in [-0.05, 0) is 97.1 Å². The number of rotatable bonds is 26. The summed E-state index contributed by atoms with van der Waals surface area (Å²) in [7, 11) is 0. The number of hydroxylamine groups is 2. The molecule has 120 heavy (non-hydrogen) atoms. The highest BCUT2D eigenvalue weighted by molar-refractivity contribution is 6.21. The number of carbonyl (C=O) groups is 12. The first-order valence-electron chi connectivity index (χ1n) is 37.6. The van der Waals surface area contributed by atoms with Gasteiger partial charge in [0.05, 0.1) is 114 Å². The topological polar surface area (TPSA) is 489 Å². The van der Waals surface area contributed by atoms with Crippen LogP contribution in [0.15, 0.2) is 226 Å². The highest BCUT2D eigenvalue weighted by Gasteiger charge is 2.34. The number of phenolic OH excluding ortho intramolecular Hbond substituents is 1. The van der Waals surface area contributed by atoms with Crippen LogP contribution in [0.25, 0.3) is 0 Å².